The van der Waals surface area contributed by atoms with Gasteiger partial charge in [-0.15, -0.1) is 5.10 Å². The summed E-state index contributed by atoms with van der Waals surface area (Å²) in [7, 11) is 3.31. The fourth-order valence-electron chi connectivity index (χ4n) is 3.53. The molecule has 31 heavy (non-hydrogen) atoms. The van der Waals surface area contributed by atoms with Gasteiger partial charge >= 0.3 is 0 Å². The van der Waals surface area contributed by atoms with Crippen molar-refractivity contribution in [2.45, 2.75) is 25.7 Å². The molecule has 3 aromatic rings. The first-order valence-corrected chi connectivity index (χ1v) is 9.83. The molecule has 1 fully saturated rings. The Kier molecular flexibility index (Phi) is 5.44. The number of carbonyl (C=O) groups is 1. The normalized spacial score (nSPS) is 18.4. The summed E-state index contributed by atoms with van der Waals surface area (Å²) < 4.78 is 23.4. The number of rotatable bonds is 7. The number of imidazole rings is 1. The number of nitrogens with zero attached hydrogens (tertiary/aromatic N) is 7. The second-order valence-corrected chi connectivity index (χ2v) is 7.17. The molecule has 3 aromatic heterocycles. The van der Waals surface area contributed by atoms with Gasteiger partial charge in [0.2, 0.25) is 11.9 Å². The summed E-state index contributed by atoms with van der Waals surface area (Å²) in [5, 5.41) is 10.1. The van der Waals surface area contributed by atoms with Crippen LogP contribution in [0.25, 0.3) is 11.2 Å². The van der Waals surface area contributed by atoms with Crippen LogP contribution in [-0.4, -0.2) is 67.6 Å². The molecule has 164 valence electrons. The summed E-state index contributed by atoms with van der Waals surface area (Å²) >= 11 is 0. The molecular formula is C19H24FN9O2. The summed E-state index contributed by atoms with van der Waals surface area (Å²) in [5.74, 6) is 0.780. The summed E-state index contributed by atoms with van der Waals surface area (Å²) in [6, 6.07) is -0.671. The van der Waals surface area contributed by atoms with Crippen molar-refractivity contribution in [2.24, 2.45) is 7.05 Å². The Morgan fingerprint density at radius 1 is 1.42 bits per heavy atom. The molecule has 0 aromatic carbocycles. The smallest absolute Gasteiger partial charge is 0.256 e. The standard InChI is InChI=1S/C19H24FN9O2/c1-5-14(30)22-12-9-29(7-11(12)20)19-24-16(15-17(25-19)28(6-2)10-21-15)23-13-8-27(3)26-18(13)31-4/h5,8,10-12H,1,6-7,9H2,2-4H3,(H,22,30)(H,23,24,25)/t11-,12+/m0/s1. The molecule has 0 aliphatic carbocycles. The molecule has 1 amide bonds. The second-order valence-electron chi connectivity index (χ2n) is 7.17. The van der Waals surface area contributed by atoms with E-state index in [4.69, 9.17) is 4.74 Å². The van der Waals surface area contributed by atoms with Crippen LogP contribution >= 0.6 is 0 Å². The molecule has 11 nitrogen and oxygen atoms in total. The van der Waals surface area contributed by atoms with Gasteiger partial charge in [0, 0.05) is 20.1 Å². The fourth-order valence-corrected chi connectivity index (χ4v) is 3.53. The zero-order chi connectivity index (χ0) is 22.1. The lowest BCUT2D eigenvalue weighted by Gasteiger charge is -2.17. The number of aromatic nitrogens is 6. The third-order valence-corrected chi connectivity index (χ3v) is 5.08. The first-order valence-electron chi connectivity index (χ1n) is 9.83. The Hall–Kier alpha value is -3.70. The molecule has 1 aliphatic heterocycles. The number of hydrogen-bond acceptors (Lipinski definition) is 8. The van der Waals surface area contributed by atoms with Gasteiger partial charge in [-0.3, -0.25) is 9.48 Å². The fraction of sp³-hybridized carbons (Fsp3) is 0.421. The number of anilines is 3. The van der Waals surface area contributed by atoms with E-state index in [9.17, 15) is 9.18 Å². The van der Waals surface area contributed by atoms with Gasteiger partial charge in [-0.2, -0.15) is 9.97 Å². The monoisotopic (exact) mass is 429 g/mol. The van der Waals surface area contributed by atoms with Crippen LogP contribution in [0.4, 0.5) is 21.8 Å². The highest BCUT2D eigenvalue weighted by Crippen LogP contribution is 2.30. The van der Waals surface area contributed by atoms with Gasteiger partial charge in [0.15, 0.2) is 17.0 Å². The molecule has 4 heterocycles. The molecule has 1 saturated heterocycles. The van der Waals surface area contributed by atoms with Crippen LogP contribution < -0.4 is 20.3 Å². The quantitative estimate of drug-likeness (QED) is 0.538. The number of nitrogens with one attached hydrogen (secondary N) is 2. The van der Waals surface area contributed by atoms with Crippen LogP contribution in [0.2, 0.25) is 0 Å². The Bertz CT molecular complexity index is 1130. The van der Waals surface area contributed by atoms with Gasteiger partial charge < -0.3 is 24.8 Å². The van der Waals surface area contributed by atoms with Crippen molar-refractivity contribution in [2.75, 3.05) is 30.4 Å². The molecular weight excluding hydrogens is 405 g/mol. The van der Waals surface area contributed by atoms with E-state index in [0.717, 1.165) is 6.08 Å². The predicted molar refractivity (Wildman–Crippen MR) is 113 cm³/mol. The van der Waals surface area contributed by atoms with E-state index in [-0.39, 0.29) is 13.1 Å². The highest BCUT2D eigenvalue weighted by Gasteiger charge is 2.35. The third kappa shape index (κ3) is 3.88. The number of fused-ring (bicyclic) bond motifs is 1. The third-order valence-electron chi connectivity index (χ3n) is 5.08. The molecule has 0 unspecified atom stereocenters. The van der Waals surface area contributed by atoms with Crippen LogP contribution in [0.5, 0.6) is 5.88 Å². The van der Waals surface area contributed by atoms with Gasteiger partial charge in [-0.1, -0.05) is 6.58 Å². The van der Waals surface area contributed by atoms with Crippen LogP contribution in [0.1, 0.15) is 6.92 Å². The van der Waals surface area contributed by atoms with Gasteiger partial charge in [0.05, 0.1) is 32.2 Å². The lowest BCUT2D eigenvalue weighted by Crippen LogP contribution is -2.40. The first-order chi connectivity index (χ1) is 14.9. The average Bonchev–Trinajstić information content (AvgIpc) is 3.44. The van der Waals surface area contributed by atoms with Gasteiger partial charge in [-0.05, 0) is 13.0 Å². The Balaban J connectivity index is 1.71. The van der Waals surface area contributed by atoms with Gasteiger partial charge in [-0.25, -0.2) is 9.37 Å². The SMILES string of the molecule is C=CC(=O)N[C@@H]1CN(c2nc(Nc3cn(C)nc3OC)c3ncn(CC)c3n2)C[C@@H]1F. The summed E-state index contributed by atoms with van der Waals surface area (Å²) in [4.78, 5) is 27.0. The largest absolute Gasteiger partial charge is 0.478 e. The molecule has 2 N–H and O–H groups in total. The van der Waals surface area contributed by atoms with Crippen molar-refractivity contribution < 1.29 is 13.9 Å². The molecule has 0 radical (unpaired) electrons. The van der Waals surface area contributed by atoms with Crippen LogP contribution in [0.15, 0.2) is 25.2 Å². The van der Waals surface area contributed by atoms with Crippen molar-refractivity contribution in [1.82, 2.24) is 34.6 Å². The van der Waals surface area contributed by atoms with E-state index in [2.05, 4.69) is 37.3 Å². The number of alkyl halides is 1. The highest BCUT2D eigenvalue weighted by atomic mass is 19.1. The maximum atomic E-state index is 14.6. The van der Waals surface area contributed by atoms with Crippen LogP contribution in [-0.2, 0) is 18.4 Å². The molecule has 0 spiro atoms. The minimum absolute atomic E-state index is 0.0590. The van der Waals surface area contributed by atoms with Crippen molar-refractivity contribution >= 4 is 34.5 Å². The van der Waals surface area contributed by atoms with Crippen molar-refractivity contribution in [3.63, 3.8) is 0 Å². The van der Waals surface area contributed by atoms with Crippen LogP contribution in [0.3, 0.4) is 0 Å². The zero-order valence-electron chi connectivity index (χ0n) is 17.5. The maximum absolute atomic E-state index is 14.6. The molecule has 4 rings (SSSR count). The number of ether oxygens (including phenoxy) is 1. The molecule has 2 atom stereocenters. The van der Waals surface area contributed by atoms with E-state index in [0.29, 0.717) is 41.0 Å². The summed E-state index contributed by atoms with van der Waals surface area (Å²) in [6.45, 7) is 6.35. The Labute approximate surface area is 177 Å². The van der Waals surface area contributed by atoms with E-state index in [1.165, 1.54) is 7.11 Å². The maximum Gasteiger partial charge on any atom is 0.256 e. The van der Waals surface area contributed by atoms with E-state index >= 15 is 0 Å². The second kappa shape index (κ2) is 8.20. The van der Waals surface area contributed by atoms with Crippen molar-refractivity contribution in [1.29, 1.82) is 0 Å². The highest BCUT2D eigenvalue weighted by molar-refractivity contribution is 5.88. The lowest BCUT2D eigenvalue weighted by atomic mass is 10.2. The number of carbonyl (C=O) groups excluding carboxylic acids is 1. The van der Waals surface area contributed by atoms with Gasteiger partial charge in [0.25, 0.3) is 5.88 Å². The van der Waals surface area contributed by atoms with Crippen molar-refractivity contribution in [3.8, 4) is 5.88 Å². The zero-order valence-corrected chi connectivity index (χ0v) is 17.5. The predicted octanol–water partition coefficient (Wildman–Crippen LogP) is 1.16. The topological polar surface area (TPSA) is 115 Å². The van der Waals surface area contributed by atoms with E-state index in [1.54, 1.807) is 29.2 Å². The van der Waals surface area contributed by atoms with E-state index < -0.39 is 18.1 Å². The van der Waals surface area contributed by atoms with Gasteiger partial charge in [0.1, 0.15) is 11.9 Å². The minimum Gasteiger partial charge on any atom is -0.478 e. The average molecular weight is 429 g/mol. The lowest BCUT2D eigenvalue weighted by molar-refractivity contribution is -0.117. The molecule has 0 saturated carbocycles. The summed E-state index contributed by atoms with van der Waals surface area (Å²) in [6.07, 6.45) is 3.32. The Morgan fingerprint density at radius 3 is 2.94 bits per heavy atom. The summed E-state index contributed by atoms with van der Waals surface area (Å²) in [5.41, 5.74) is 1.80. The molecule has 1 aliphatic rings. The minimum atomic E-state index is -1.26. The van der Waals surface area contributed by atoms with E-state index in [1.807, 2.05) is 11.5 Å². The number of aryl methyl sites for hydroxylation is 2. The van der Waals surface area contributed by atoms with Crippen LogP contribution in [0, 0.1) is 0 Å². The number of amides is 1. The number of methoxy groups -OCH3 is 1. The Morgan fingerprint density at radius 2 is 2.23 bits per heavy atom. The molecule has 0 bridgehead atoms. The first kappa shape index (κ1) is 20.6. The molecule has 12 heteroatoms. The number of halogens is 1. The van der Waals surface area contributed by atoms with Crippen molar-refractivity contribution in [3.05, 3.63) is 25.2 Å². The number of hydrogen-bond donors (Lipinski definition) is 2.